The van der Waals surface area contributed by atoms with E-state index in [1.165, 1.54) is 28.4 Å². The van der Waals surface area contributed by atoms with Crippen LogP contribution in [-0.2, 0) is 12.4 Å². The van der Waals surface area contributed by atoms with E-state index < -0.39 is 41.0 Å². The maximum absolute atomic E-state index is 13.6. The summed E-state index contributed by atoms with van der Waals surface area (Å²) in [6, 6.07) is -0.0269. The zero-order valence-corrected chi connectivity index (χ0v) is 22.5. The third-order valence-electron chi connectivity index (χ3n) is 6.58. The molecule has 0 saturated heterocycles. The Bertz CT molecular complexity index is 1370. The van der Waals surface area contributed by atoms with Gasteiger partial charge >= 0.3 is 12.4 Å². The highest BCUT2D eigenvalue weighted by atomic mass is 32.1. The summed E-state index contributed by atoms with van der Waals surface area (Å²) in [5, 5.41) is 0.333. The number of benzene rings is 1. The number of rotatable bonds is 8. The van der Waals surface area contributed by atoms with Gasteiger partial charge in [-0.25, -0.2) is 4.98 Å². The van der Waals surface area contributed by atoms with Gasteiger partial charge in [0.15, 0.2) is 0 Å². The Morgan fingerprint density at radius 3 is 2.12 bits per heavy atom. The van der Waals surface area contributed by atoms with E-state index >= 15 is 0 Å². The van der Waals surface area contributed by atoms with Crippen LogP contribution in [0.15, 0.2) is 36.8 Å². The molecule has 0 radical (unpaired) electrons. The van der Waals surface area contributed by atoms with Crippen molar-refractivity contribution in [3.63, 3.8) is 0 Å². The van der Waals surface area contributed by atoms with E-state index in [1.807, 2.05) is 6.92 Å². The average molecular weight is 586 g/mol. The maximum atomic E-state index is 13.6. The Balaban J connectivity index is 1.74. The van der Waals surface area contributed by atoms with Gasteiger partial charge in [-0.2, -0.15) is 26.3 Å². The third kappa shape index (κ3) is 6.43. The lowest BCUT2D eigenvalue weighted by Gasteiger charge is -2.30. The minimum atomic E-state index is -5.09. The molecule has 0 N–H and O–H groups in total. The first-order valence-corrected chi connectivity index (χ1v) is 13.1. The van der Waals surface area contributed by atoms with Crippen molar-refractivity contribution in [3.8, 4) is 10.7 Å². The number of amides is 2. The van der Waals surface area contributed by atoms with Crippen LogP contribution in [0.5, 0.6) is 0 Å². The normalized spacial score (nSPS) is 14.6. The molecule has 1 fully saturated rings. The van der Waals surface area contributed by atoms with Crippen LogP contribution in [0.4, 0.5) is 26.3 Å². The number of halogens is 6. The van der Waals surface area contributed by atoms with Gasteiger partial charge in [-0.1, -0.05) is 0 Å². The molecule has 2 heterocycles. The molecule has 40 heavy (non-hydrogen) atoms. The molecule has 2 aromatic heterocycles. The van der Waals surface area contributed by atoms with Gasteiger partial charge in [0.05, 0.1) is 29.1 Å². The third-order valence-corrected chi connectivity index (χ3v) is 7.57. The first-order valence-electron chi connectivity index (χ1n) is 12.3. The van der Waals surface area contributed by atoms with Crippen molar-refractivity contribution in [2.45, 2.75) is 45.1 Å². The molecule has 0 aliphatic heterocycles. The van der Waals surface area contributed by atoms with E-state index in [-0.39, 0.29) is 35.8 Å². The molecule has 14 heteroatoms. The fourth-order valence-electron chi connectivity index (χ4n) is 4.02. The van der Waals surface area contributed by atoms with E-state index in [4.69, 9.17) is 0 Å². The predicted octanol–water partition coefficient (Wildman–Crippen LogP) is 6.34. The minimum absolute atomic E-state index is 0.0104. The summed E-state index contributed by atoms with van der Waals surface area (Å²) in [4.78, 5) is 42.2. The van der Waals surface area contributed by atoms with Crippen LogP contribution >= 0.6 is 11.3 Å². The summed E-state index contributed by atoms with van der Waals surface area (Å²) < 4.78 is 80.8. The summed E-state index contributed by atoms with van der Waals surface area (Å²) in [5.41, 5.74) is -3.36. The number of thiazole rings is 1. The molecular formula is C26H25F6N5O2S. The molecule has 214 valence electrons. The second-order valence-corrected chi connectivity index (χ2v) is 10.5. The lowest BCUT2D eigenvalue weighted by Crippen LogP contribution is -2.36. The number of carbonyl (C=O) groups excluding carboxylic acids is 2. The van der Waals surface area contributed by atoms with Crippen LogP contribution in [0.3, 0.4) is 0 Å². The molecule has 0 unspecified atom stereocenters. The Labute approximate surface area is 229 Å². The SMILES string of the molecule is CCN(C)C(=O)c1cnc(-c2nccnc2[C@@H](C)N(CC2CC2)C(=O)c2cc(C(F)(F)F)cc(C(F)(F)F)c2)s1. The molecule has 1 atom stereocenters. The monoisotopic (exact) mass is 585 g/mol. The van der Waals surface area contributed by atoms with Crippen LogP contribution < -0.4 is 0 Å². The molecule has 1 aliphatic rings. The first kappa shape index (κ1) is 29.4. The van der Waals surface area contributed by atoms with E-state index in [0.717, 1.165) is 24.2 Å². The summed E-state index contributed by atoms with van der Waals surface area (Å²) in [6.07, 6.45) is -4.49. The Kier molecular flexibility index (Phi) is 8.20. The predicted molar refractivity (Wildman–Crippen MR) is 134 cm³/mol. The number of alkyl halides is 6. The van der Waals surface area contributed by atoms with Crippen LogP contribution in [0.25, 0.3) is 10.7 Å². The van der Waals surface area contributed by atoms with Crippen molar-refractivity contribution in [3.05, 3.63) is 64.1 Å². The summed E-state index contributed by atoms with van der Waals surface area (Å²) >= 11 is 1.06. The first-order chi connectivity index (χ1) is 18.7. The molecule has 7 nitrogen and oxygen atoms in total. The van der Waals surface area contributed by atoms with Crippen molar-refractivity contribution in [1.82, 2.24) is 24.8 Å². The smallest absolute Gasteiger partial charge is 0.341 e. The quantitative estimate of drug-likeness (QED) is 0.288. The second kappa shape index (κ2) is 11.1. The van der Waals surface area contributed by atoms with Crippen LogP contribution in [0.2, 0.25) is 0 Å². The zero-order chi connectivity index (χ0) is 29.4. The zero-order valence-electron chi connectivity index (χ0n) is 21.7. The maximum Gasteiger partial charge on any atom is 0.416 e. The Hall–Kier alpha value is -3.55. The lowest BCUT2D eigenvalue weighted by molar-refractivity contribution is -0.143. The molecular weight excluding hydrogens is 560 g/mol. The largest absolute Gasteiger partial charge is 0.416 e. The fraction of sp³-hybridized carbons (Fsp3) is 0.423. The Morgan fingerprint density at radius 2 is 1.57 bits per heavy atom. The minimum Gasteiger partial charge on any atom is -0.341 e. The molecule has 4 rings (SSSR count). The highest BCUT2D eigenvalue weighted by molar-refractivity contribution is 7.16. The van der Waals surface area contributed by atoms with Crippen molar-refractivity contribution in [1.29, 1.82) is 0 Å². The van der Waals surface area contributed by atoms with Crippen molar-refractivity contribution in [2.24, 2.45) is 5.92 Å². The van der Waals surface area contributed by atoms with Crippen LogP contribution in [0, 0.1) is 5.92 Å². The van der Waals surface area contributed by atoms with Gasteiger partial charge in [0.2, 0.25) is 0 Å². The summed E-state index contributed by atoms with van der Waals surface area (Å²) in [7, 11) is 1.64. The van der Waals surface area contributed by atoms with Gasteiger partial charge in [-0.3, -0.25) is 19.6 Å². The van der Waals surface area contributed by atoms with Gasteiger partial charge in [0, 0.05) is 38.1 Å². The lowest BCUT2D eigenvalue weighted by atomic mass is 10.0. The van der Waals surface area contributed by atoms with Gasteiger partial charge < -0.3 is 9.80 Å². The number of aromatic nitrogens is 3. The van der Waals surface area contributed by atoms with Gasteiger partial charge in [0.25, 0.3) is 11.8 Å². The second-order valence-electron chi connectivity index (χ2n) is 9.51. The highest BCUT2D eigenvalue weighted by Crippen LogP contribution is 2.39. The number of nitrogens with zero attached hydrogens (tertiary/aromatic N) is 5. The number of carbonyl (C=O) groups is 2. The highest BCUT2D eigenvalue weighted by Gasteiger charge is 2.39. The van der Waals surface area contributed by atoms with Crippen molar-refractivity contribution in [2.75, 3.05) is 20.1 Å². The summed E-state index contributed by atoms with van der Waals surface area (Å²) in [5.74, 6) is -1.19. The van der Waals surface area contributed by atoms with E-state index in [1.54, 1.807) is 14.0 Å². The van der Waals surface area contributed by atoms with E-state index in [2.05, 4.69) is 15.0 Å². The molecule has 2 amide bonds. The average Bonchev–Trinajstić information content (AvgIpc) is 3.61. The van der Waals surface area contributed by atoms with Gasteiger partial charge in [-0.05, 0) is 50.8 Å². The topological polar surface area (TPSA) is 79.3 Å². The fourth-order valence-corrected chi connectivity index (χ4v) is 4.94. The Morgan fingerprint density at radius 1 is 0.975 bits per heavy atom. The molecule has 3 aromatic rings. The van der Waals surface area contributed by atoms with Gasteiger partial charge in [-0.15, -0.1) is 11.3 Å². The molecule has 0 bridgehead atoms. The van der Waals surface area contributed by atoms with Gasteiger partial charge in [0.1, 0.15) is 15.6 Å². The molecule has 0 spiro atoms. The standard InChI is InChI=1S/C26H25F6N5O2S/c1-4-36(3)24(39)19-12-35-22(40-19)21-20(33-7-8-34-21)14(2)37(13-15-5-6-15)23(38)16-9-17(25(27,28)29)11-18(10-16)26(30,31)32/h7-12,14-15H,4-6,13H2,1-3H3/t14-/m1/s1. The van der Waals surface area contributed by atoms with Crippen LogP contribution in [0.1, 0.15) is 69.6 Å². The molecule has 1 aliphatic carbocycles. The van der Waals surface area contributed by atoms with E-state index in [9.17, 15) is 35.9 Å². The van der Waals surface area contributed by atoms with Crippen molar-refractivity contribution >= 4 is 23.2 Å². The number of hydrogen-bond donors (Lipinski definition) is 0. The van der Waals surface area contributed by atoms with Crippen LogP contribution in [-0.4, -0.2) is 56.7 Å². The molecule has 1 saturated carbocycles. The molecule has 1 aromatic carbocycles. The summed E-state index contributed by atoms with van der Waals surface area (Å²) in [6.45, 7) is 3.98. The van der Waals surface area contributed by atoms with E-state index in [0.29, 0.717) is 28.6 Å². The number of hydrogen-bond acceptors (Lipinski definition) is 6. The van der Waals surface area contributed by atoms with Crippen molar-refractivity contribution < 1.29 is 35.9 Å².